The molecule has 0 aliphatic heterocycles. The SMILES string of the molecule is COCCC(C)(O)CNc1nc(NN)nc2ccccc12. The van der Waals surface area contributed by atoms with Crippen LogP contribution in [0.25, 0.3) is 10.9 Å². The topological polar surface area (TPSA) is 105 Å². The maximum atomic E-state index is 10.3. The highest BCUT2D eigenvalue weighted by atomic mass is 16.5. The van der Waals surface area contributed by atoms with Crippen molar-refractivity contribution in [1.82, 2.24) is 9.97 Å². The van der Waals surface area contributed by atoms with Crippen LogP contribution in [0, 0.1) is 0 Å². The Balaban J connectivity index is 2.21. The molecular formula is C14H21N5O2. The van der Waals surface area contributed by atoms with Crippen molar-refractivity contribution in [2.45, 2.75) is 18.9 Å². The number of nitrogens with one attached hydrogen (secondary N) is 2. The first-order chi connectivity index (χ1) is 10.1. The first kappa shape index (κ1) is 15.4. The number of fused-ring (bicyclic) bond motifs is 1. The molecule has 0 radical (unpaired) electrons. The standard InChI is InChI=1S/C14H21N5O2/c1-14(20,7-8-21-2)9-16-12-10-5-3-4-6-11(10)17-13(18-12)19-15/h3-6,20H,7-9,15H2,1-2H3,(H2,16,17,18,19). The number of nitrogens with two attached hydrogens (primary N) is 1. The molecule has 114 valence electrons. The Kier molecular flexibility index (Phi) is 4.89. The van der Waals surface area contributed by atoms with Gasteiger partial charge in [-0.2, -0.15) is 4.98 Å². The zero-order valence-electron chi connectivity index (χ0n) is 12.3. The lowest BCUT2D eigenvalue weighted by atomic mass is 10.0. The zero-order chi connectivity index (χ0) is 15.3. The van der Waals surface area contributed by atoms with Gasteiger partial charge in [0, 0.05) is 32.1 Å². The number of hydrogen-bond acceptors (Lipinski definition) is 7. The fourth-order valence-corrected chi connectivity index (χ4v) is 1.96. The van der Waals surface area contributed by atoms with E-state index in [1.165, 1.54) is 0 Å². The molecule has 2 rings (SSSR count). The number of hydrogen-bond donors (Lipinski definition) is 4. The average Bonchev–Trinajstić information content (AvgIpc) is 2.50. The number of rotatable bonds is 7. The maximum Gasteiger partial charge on any atom is 0.239 e. The average molecular weight is 291 g/mol. The second-order valence-corrected chi connectivity index (χ2v) is 5.15. The summed E-state index contributed by atoms with van der Waals surface area (Å²) < 4.78 is 5.00. The van der Waals surface area contributed by atoms with E-state index in [0.717, 1.165) is 10.9 Å². The quantitative estimate of drug-likeness (QED) is 0.447. The smallest absolute Gasteiger partial charge is 0.239 e. The monoisotopic (exact) mass is 291 g/mol. The molecule has 1 aromatic heterocycles. The van der Waals surface area contributed by atoms with Gasteiger partial charge in [-0.1, -0.05) is 12.1 Å². The number of ether oxygens (including phenoxy) is 1. The minimum absolute atomic E-state index is 0.327. The highest BCUT2D eigenvalue weighted by molar-refractivity contribution is 5.89. The third-order valence-corrected chi connectivity index (χ3v) is 3.21. The first-order valence-electron chi connectivity index (χ1n) is 6.74. The van der Waals surface area contributed by atoms with Gasteiger partial charge in [0.25, 0.3) is 0 Å². The number of aromatic nitrogens is 2. The van der Waals surface area contributed by atoms with Crippen molar-refractivity contribution in [3.05, 3.63) is 24.3 Å². The summed E-state index contributed by atoms with van der Waals surface area (Å²) in [6.07, 6.45) is 0.529. The van der Waals surface area contributed by atoms with Crippen LogP contribution in [0.1, 0.15) is 13.3 Å². The summed E-state index contributed by atoms with van der Waals surface area (Å²) in [6, 6.07) is 7.61. The van der Waals surface area contributed by atoms with E-state index in [1.54, 1.807) is 14.0 Å². The van der Waals surface area contributed by atoms with Gasteiger partial charge in [-0.15, -0.1) is 0 Å². The highest BCUT2D eigenvalue weighted by Crippen LogP contribution is 2.22. The Morgan fingerprint density at radius 3 is 2.81 bits per heavy atom. The van der Waals surface area contributed by atoms with Crippen LogP contribution in [0.2, 0.25) is 0 Å². The number of hydrazine groups is 1. The molecule has 0 spiro atoms. The van der Waals surface area contributed by atoms with Gasteiger partial charge >= 0.3 is 0 Å². The minimum atomic E-state index is -0.891. The Bertz CT molecular complexity index is 603. The van der Waals surface area contributed by atoms with E-state index in [9.17, 15) is 5.11 Å². The zero-order valence-corrected chi connectivity index (χ0v) is 12.3. The fourth-order valence-electron chi connectivity index (χ4n) is 1.96. The number of benzene rings is 1. The van der Waals surface area contributed by atoms with E-state index in [4.69, 9.17) is 10.6 Å². The Hall–Kier alpha value is -1.96. The second kappa shape index (κ2) is 6.66. The van der Waals surface area contributed by atoms with Crippen LogP contribution in [0.4, 0.5) is 11.8 Å². The third kappa shape index (κ3) is 4.01. The van der Waals surface area contributed by atoms with Crippen molar-refractivity contribution >= 4 is 22.7 Å². The summed E-state index contributed by atoms with van der Waals surface area (Å²) in [6.45, 7) is 2.60. The Morgan fingerprint density at radius 2 is 2.10 bits per heavy atom. The molecule has 0 aliphatic carbocycles. The number of nitrogens with zero attached hydrogens (tertiary/aromatic N) is 2. The summed E-state index contributed by atoms with van der Waals surface area (Å²) in [5, 5.41) is 14.3. The summed E-state index contributed by atoms with van der Waals surface area (Å²) in [5.41, 5.74) is 2.33. The normalized spacial score (nSPS) is 13.9. The molecule has 0 fully saturated rings. The van der Waals surface area contributed by atoms with Crippen molar-refractivity contribution < 1.29 is 9.84 Å². The molecule has 7 heteroatoms. The highest BCUT2D eigenvalue weighted by Gasteiger charge is 2.20. The van der Waals surface area contributed by atoms with Gasteiger partial charge in [0.1, 0.15) is 5.82 Å². The number of methoxy groups -OCH3 is 1. The van der Waals surface area contributed by atoms with Crippen LogP contribution in [0.5, 0.6) is 0 Å². The number of anilines is 2. The molecule has 0 saturated carbocycles. The molecule has 0 bridgehead atoms. The van der Waals surface area contributed by atoms with Gasteiger partial charge in [-0.05, 0) is 19.1 Å². The van der Waals surface area contributed by atoms with Crippen LogP contribution >= 0.6 is 0 Å². The van der Waals surface area contributed by atoms with E-state index in [0.29, 0.717) is 31.3 Å². The fraction of sp³-hybridized carbons (Fsp3) is 0.429. The van der Waals surface area contributed by atoms with Crippen molar-refractivity contribution in [2.24, 2.45) is 5.84 Å². The van der Waals surface area contributed by atoms with Gasteiger partial charge < -0.3 is 15.2 Å². The van der Waals surface area contributed by atoms with Crippen molar-refractivity contribution in [3.63, 3.8) is 0 Å². The van der Waals surface area contributed by atoms with E-state index in [2.05, 4.69) is 20.7 Å². The lowest BCUT2D eigenvalue weighted by molar-refractivity contribution is 0.0357. The molecular weight excluding hydrogens is 270 g/mol. The number of aliphatic hydroxyl groups is 1. The number of nitrogen functional groups attached to an aromatic ring is 1. The molecule has 0 saturated heterocycles. The molecule has 1 aromatic carbocycles. The van der Waals surface area contributed by atoms with E-state index < -0.39 is 5.60 Å². The molecule has 7 nitrogen and oxygen atoms in total. The molecule has 1 heterocycles. The van der Waals surface area contributed by atoms with Crippen molar-refractivity contribution in [3.8, 4) is 0 Å². The van der Waals surface area contributed by atoms with Gasteiger partial charge in [-0.3, -0.25) is 5.43 Å². The van der Waals surface area contributed by atoms with Gasteiger partial charge in [-0.25, -0.2) is 10.8 Å². The predicted molar refractivity (Wildman–Crippen MR) is 83.0 cm³/mol. The van der Waals surface area contributed by atoms with Crippen LogP contribution in [0.15, 0.2) is 24.3 Å². The molecule has 0 amide bonds. The first-order valence-corrected chi connectivity index (χ1v) is 6.74. The summed E-state index contributed by atoms with van der Waals surface area (Å²) >= 11 is 0. The molecule has 5 N–H and O–H groups in total. The summed E-state index contributed by atoms with van der Waals surface area (Å²) in [7, 11) is 1.61. The Morgan fingerprint density at radius 1 is 1.33 bits per heavy atom. The van der Waals surface area contributed by atoms with Gasteiger partial charge in [0.15, 0.2) is 0 Å². The van der Waals surface area contributed by atoms with E-state index >= 15 is 0 Å². The van der Waals surface area contributed by atoms with Crippen LogP contribution in [-0.2, 0) is 4.74 Å². The largest absolute Gasteiger partial charge is 0.388 e. The molecule has 2 aromatic rings. The molecule has 1 atom stereocenters. The van der Waals surface area contributed by atoms with Crippen LogP contribution in [-0.4, -0.2) is 40.9 Å². The van der Waals surface area contributed by atoms with E-state index in [1.807, 2.05) is 24.3 Å². The third-order valence-electron chi connectivity index (χ3n) is 3.21. The Labute approximate surface area is 123 Å². The summed E-state index contributed by atoms with van der Waals surface area (Å²) in [4.78, 5) is 8.58. The second-order valence-electron chi connectivity index (χ2n) is 5.15. The summed E-state index contributed by atoms with van der Waals surface area (Å²) in [5.74, 6) is 6.35. The van der Waals surface area contributed by atoms with E-state index in [-0.39, 0.29) is 0 Å². The lowest BCUT2D eigenvalue weighted by Crippen LogP contribution is -2.35. The molecule has 1 unspecified atom stereocenters. The molecule has 0 aliphatic rings. The number of para-hydroxylation sites is 1. The minimum Gasteiger partial charge on any atom is -0.388 e. The van der Waals surface area contributed by atoms with Gasteiger partial charge in [0.2, 0.25) is 5.95 Å². The maximum absolute atomic E-state index is 10.3. The van der Waals surface area contributed by atoms with Crippen LogP contribution in [0.3, 0.4) is 0 Å². The lowest BCUT2D eigenvalue weighted by Gasteiger charge is -2.24. The van der Waals surface area contributed by atoms with Crippen LogP contribution < -0.4 is 16.6 Å². The predicted octanol–water partition coefficient (Wildman–Crippen LogP) is 1.11. The molecule has 21 heavy (non-hydrogen) atoms. The van der Waals surface area contributed by atoms with Crippen molar-refractivity contribution in [2.75, 3.05) is 31.0 Å². The van der Waals surface area contributed by atoms with Gasteiger partial charge in [0.05, 0.1) is 11.1 Å². The van der Waals surface area contributed by atoms with Crippen molar-refractivity contribution in [1.29, 1.82) is 0 Å².